The SMILES string of the molecule is CCOP(=O)(c1ccccc1)C(Nc1ccccc1)c1ccco1. The molecule has 0 aliphatic heterocycles. The molecule has 5 heteroatoms. The molecule has 1 heterocycles. The number of hydrogen-bond donors (Lipinski definition) is 1. The van der Waals surface area contributed by atoms with E-state index in [4.69, 9.17) is 8.94 Å². The average Bonchev–Trinajstić information content (AvgIpc) is 3.15. The van der Waals surface area contributed by atoms with E-state index in [2.05, 4.69) is 5.32 Å². The lowest BCUT2D eigenvalue weighted by Gasteiger charge is -2.27. The predicted molar refractivity (Wildman–Crippen MR) is 96.8 cm³/mol. The largest absolute Gasteiger partial charge is 0.467 e. The minimum atomic E-state index is -3.24. The van der Waals surface area contributed by atoms with Crippen LogP contribution in [0, 0.1) is 0 Å². The van der Waals surface area contributed by atoms with Crippen LogP contribution in [0.3, 0.4) is 0 Å². The van der Waals surface area contributed by atoms with E-state index in [1.54, 1.807) is 12.3 Å². The molecule has 1 N–H and O–H groups in total. The van der Waals surface area contributed by atoms with Crippen molar-refractivity contribution in [3.63, 3.8) is 0 Å². The molecule has 124 valence electrons. The number of furan rings is 1. The van der Waals surface area contributed by atoms with Crippen LogP contribution in [0.5, 0.6) is 0 Å². The first kappa shape index (κ1) is 16.6. The number of benzene rings is 2. The van der Waals surface area contributed by atoms with E-state index in [1.807, 2.05) is 73.7 Å². The van der Waals surface area contributed by atoms with Crippen molar-refractivity contribution in [2.45, 2.75) is 12.7 Å². The Kier molecular flexibility index (Phi) is 5.19. The molecule has 0 amide bonds. The molecule has 3 rings (SSSR count). The van der Waals surface area contributed by atoms with Crippen molar-refractivity contribution in [2.75, 3.05) is 11.9 Å². The Labute approximate surface area is 141 Å². The van der Waals surface area contributed by atoms with E-state index in [0.29, 0.717) is 17.7 Å². The monoisotopic (exact) mass is 341 g/mol. The Morgan fingerprint density at radius 3 is 2.25 bits per heavy atom. The van der Waals surface area contributed by atoms with Gasteiger partial charge in [-0.25, -0.2) is 0 Å². The fourth-order valence-corrected chi connectivity index (χ4v) is 4.96. The predicted octanol–water partition coefficient (Wildman–Crippen LogP) is 5.03. The molecule has 2 atom stereocenters. The highest BCUT2D eigenvalue weighted by Gasteiger charge is 2.39. The number of para-hydroxylation sites is 1. The van der Waals surface area contributed by atoms with Crippen LogP contribution in [0.2, 0.25) is 0 Å². The lowest BCUT2D eigenvalue weighted by atomic mass is 10.3. The Hall–Kier alpha value is -2.29. The first-order chi connectivity index (χ1) is 11.7. The van der Waals surface area contributed by atoms with Gasteiger partial charge < -0.3 is 14.3 Å². The van der Waals surface area contributed by atoms with Gasteiger partial charge in [-0.1, -0.05) is 36.4 Å². The molecule has 0 bridgehead atoms. The van der Waals surface area contributed by atoms with Gasteiger partial charge >= 0.3 is 0 Å². The second kappa shape index (κ2) is 7.52. The van der Waals surface area contributed by atoms with Crippen molar-refractivity contribution in [3.05, 3.63) is 84.8 Å². The highest BCUT2D eigenvalue weighted by molar-refractivity contribution is 7.67. The molecule has 0 radical (unpaired) electrons. The van der Waals surface area contributed by atoms with E-state index in [1.165, 1.54) is 0 Å². The standard InChI is InChI=1S/C19H20NO3P/c1-2-23-24(21,17-12-7-4-8-13-17)19(18-14-9-15-22-18)20-16-10-5-3-6-11-16/h3-15,19-20H,2H2,1H3. The first-order valence-corrected chi connectivity index (χ1v) is 9.58. The molecule has 4 nitrogen and oxygen atoms in total. The van der Waals surface area contributed by atoms with E-state index in [-0.39, 0.29) is 0 Å². The molecular formula is C19H20NO3P. The molecule has 3 aromatic rings. The van der Waals surface area contributed by atoms with Crippen LogP contribution in [0.15, 0.2) is 83.5 Å². The van der Waals surface area contributed by atoms with Crippen LogP contribution < -0.4 is 10.6 Å². The normalized spacial score (nSPS) is 14.7. The third-order valence-corrected chi connectivity index (χ3v) is 6.39. The number of rotatable bonds is 7. The van der Waals surface area contributed by atoms with E-state index in [9.17, 15) is 4.57 Å². The Balaban J connectivity index is 2.06. The van der Waals surface area contributed by atoms with Crippen molar-refractivity contribution >= 4 is 18.4 Å². The Morgan fingerprint density at radius 1 is 1.00 bits per heavy atom. The summed E-state index contributed by atoms with van der Waals surface area (Å²) in [7, 11) is -3.24. The van der Waals surface area contributed by atoms with E-state index < -0.39 is 13.2 Å². The summed E-state index contributed by atoms with van der Waals surface area (Å²) < 4.78 is 25.2. The van der Waals surface area contributed by atoms with Gasteiger partial charge in [0, 0.05) is 11.0 Å². The fourth-order valence-electron chi connectivity index (χ4n) is 2.59. The highest BCUT2D eigenvalue weighted by atomic mass is 31.2. The second-order valence-corrected chi connectivity index (χ2v) is 7.76. The van der Waals surface area contributed by atoms with Crippen molar-refractivity contribution in [1.82, 2.24) is 0 Å². The van der Waals surface area contributed by atoms with Crippen molar-refractivity contribution in [2.24, 2.45) is 0 Å². The average molecular weight is 341 g/mol. The molecule has 1 aromatic heterocycles. The van der Waals surface area contributed by atoms with Crippen molar-refractivity contribution < 1.29 is 13.5 Å². The minimum absolute atomic E-state index is 0.347. The molecule has 0 saturated carbocycles. The van der Waals surface area contributed by atoms with E-state index >= 15 is 0 Å². The molecule has 24 heavy (non-hydrogen) atoms. The molecular weight excluding hydrogens is 321 g/mol. The highest BCUT2D eigenvalue weighted by Crippen LogP contribution is 2.58. The zero-order chi connectivity index (χ0) is 16.8. The van der Waals surface area contributed by atoms with Gasteiger partial charge in [0.1, 0.15) is 5.76 Å². The van der Waals surface area contributed by atoms with Gasteiger partial charge in [-0.05, 0) is 43.3 Å². The topological polar surface area (TPSA) is 51.5 Å². The fraction of sp³-hybridized carbons (Fsp3) is 0.158. The quantitative estimate of drug-likeness (QED) is 0.612. The maximum Gasteiger partial charge on any atom is 0.261 e. The number of anilines is 1. The van der Waals surface area contributed by atoms with Crippen molar-refractivity contribution in [3.8, 4) is 0 Å². The summed E-state index contributed by atoms with van der Waals surface area (Å²) >= 11 is 0. The lowest BCUT2D eigenvalue weighted by Crippen LogP contribution is -2.20. The maximum atomic E-state index is 13.9. The zero-order valence-electron chi connectivity index (χ0n) is 13.5. The number of nitrogens with one attached hydrogen (secondary N) is 1. The molecule has 2 unspecified atom stereocenters. The van der Waals surface area contributed by atoms with Gasteiger partial charge in [0.2, 0.25) is 0 Å². The zero-order valence-corrected chi connectivity index (χ0v) is 14.4. The second-order valence-electron chi connectivity index (χ2n) is 5.28. The van der Waals surface area contributed by atoms with Gasteiger partial charge in [0.15, 0.2) is 5.78 Å². The smallest absolute Gasteiger partial charge is 0.261 e. The Bertz CT molecular complexity index is 788. The van der Waals surface area contributed by atoms with Gasteiger partial charge in [-0.15, -0.1) is 0 Å². The molecule has 0 aliphatic carbocycles. The van der Waals surface area contributed by atoms with Gasteiger partial charge in [-0.3, -0.25) is 4.57 Å². The third kappa shape index (κ3) is 3.45. The number of hydrogen-bond acceptors (Lipinski definition) is 4. The summed E-state index contributed by atoms with van der Waals surface area (Å²) in [6.07, 6.45) is 1.58. The van der Waals surface area contributed by atoms with Crippen LogP contribution in [-0.2, 0) is 9.09 Å². The van der Waals surface area contributed by atoms with Crippen LogP contribution in [0.1, 0.15) is 18.5 Å². The Morgan fingerprint density at radius 2 is 1.67 bits per heavy atom. The third-order valence-electron chi connectivity index (χ3n) is 3.67. The maximum absolute atomic E-state index is 13.9. The molecule has 0 fully saturated rings. The van der Waals surface area contributed by atoms with Crippen molar-refractivity contribution in [1.29, 1.82) is 0 Å². The van der Waals surface area contributed by atoms with Crippen LogP contribution in [0.25, 0.3) is 0 Å². The van der Waals surface area contributed by atoms with Crippen LogP contribution in [-0.4, -0.2) is 6.61 Å². The summed E-state index contributed by atoms with van der Waals surface area (Å²) in [6, 6.07) is 22.5. The van der Waals surface area contributed by atoms with Crippen LogP contribution in [0.4, 0.5) is 5.69 Å². The minimum Gasteiger partial charge on any atom is -0.467 e. The van der Waals surface area contributed by atoms with Gasteiger partial charge in [0.25, 0.3) is 7.37 Å². The first-order valence-electron chi connectivity index (χ1n) is 7.89. The van der Waals surface area contributed by atoms with Crippen LogP contribution >= 0.6 is 7.37 Å². The molecule has 2 aromatic carbocycles. The summed E-state index contributed by atoms with van der Waals surface area (Å²) in [6.45, 7) is 2.19. The summed E-state index contributed by atoms with van der Waals surface area (Å²) in [5.41, 5.74) is 0.856. The van der Waals surface area contributed by atoms with Gasteiger partial charge in [0.05, 0.1) is 12.9 Å². The summed E-state index contributed by atoms with van der Waals surface area (Å²) in [4.78, 5) is 0. The van der Waals surface area contributed by atoms with Gasteiger partial charge in [-0.2, -0.15) is 0 Å². The lowest BCUT2D eigenvalue weighted by molar-refractivity contribution is 0.331. The molecule has 0 spiro atoms. The molecule has 0 aliphatic rings. The summed E-state index contributed by atoms with van der Waals surface area (Å²) in [5, 5.41) is 3.99. The molecule has 0 saturated heterocycles. The van der Waals surface area contributed by atoms with E-state index in [0.717, 1.165) is 5.69 Å². The summed E-state index contributed by atoms with van der Waals surface area (Å²) in [5.74, 6) is -0.0169.